The molecule has 1 atom stereocenters. The van der Waals surface area contributed by atoms with Gasteiger partial charge in [0.1, 0.15) is 5.82 Å². The molecule has 0 aromatic carbocycles. The van der Waals surface area contributed by atoms with Crippen molar-refractivity contribution in [1.82, 2.24) is 15.2 Å². The van der Waals surface area contributed by atoms with Gasteiger partial charge in [-0.25, -0.2) is 4.98 Å². The predicted molar refractivity (Wildman–Crippen MR) is 96.6 cm³/mol. The quantitative estimate of drug-likeness (QED) is 0.747. The van der Waals surface area contributed by atoms with Crippen molar-refractivity contribution in [2.24, 2.45) is 11.3 Å². The summed E-state index contributed by atoms with van der Waals surface area (Å²) in [6.45, 7) is 1.45. The van der Waals surface area contributed by atoms with Gasteiger partial charge in [-0.05, 0) is 49.7 Å². The SMILES string of the molecule is CNc1ccc(C(=O)N2CCC3(CC2)CC3NC(=O)C2CC(O)C2)cn1. The lowest BCUT2D eigenvalue weighted by atomic mass is 9.81. The van der Waals surface area contributed by atoms with Gasteiger partial charge in [0.15, 0.2) is 0 Å². The van der Waals surface area contributed by atoms with E-state index in [4.69, 9.17) is 0 Å². The van der Waals surface area contributed by atoms with Crippen LogP contribution in [0.2, 0.25) is 0 Å². The Kier molecular flexibility index (Phi) is 4.34. The third-order valence-electron chi connectivity index (χ3n) is 6.30. The first kappa shape index (κ1) is 17.3. The summed E-state index contributed by atoms with van der Waals surface area (Å²) in [5.74, 6) is 0.846. The van der Waals surface area contributed by atoms with E-state index in [9.17, 15) is 14.7 Å². The fourth-order valence-electron chi connectivity index (χ4n) is 4.20. The molecule has 3 aliphatic rings. The number of carbonyl (C=O) groups excluding carboxylic acids is 2. The highest BCUT2D eigenvalue weighted by Crippen LogP contribution is 2.54. The van der Waals surface area contributed by atoms with E-state index in [2.05, 4.69) is 15.6 Å². The number of amides is 2. The average molecular weight is 358 g/mol. The minimum atomic E-state index is -0.301. The topological polar surface area (TPSA) is 94.6 Å². The van der Waals surface area contributed by atoms with Crippen LogP contribution in [0, 0.1) is 11.3 Å². The summed E-state index contributed by atoms with van der Waals surface area (Å²) in [5.41, 5.74) is 0.785. The number of aromatic nitrogens is 1. The predicted octanol–water partition coefficient (Wildman–Crippen LogP) is 1.01. The van der Waals surface area contributed by atoms with Gasteiger partial charge in [0.25, 0.3) is 5.91 Å². The molecule has 2 aliphatic carbocycles. The zero-order valence-electron chi connectivity index (χ0n) is 15.1. The number of hydrogen-bond donors (Lipinski definition) is 3. The molecule has 26 heavy (non-hydrogen) atoms. The lowest BCUT2D eigenvalue weighted by molar-refractivity contribution is -0.131. The summed E-state index contributed by atoms with van der Waals surface area (Å²) in [6.07, 6.45) is 5.37. The van der Waals surface area contributed by atoms with Crippen LogP contribution in [-0.2, 0) is 4.79 Å². The van der Waals surface area contributed by atoms with Crippen LogP contribution >= 0.6 is 0 Å². The number of rotatable bonds is 4. The Morgan fingerprint density at radius 1 is 1.27 bits per heavy atom. The summed E-state index contributed by atoms with van der Waals surface area (Å²) in [6, 6.07) is 3.85. The number of pyridine rings is 1. The van der Waals surface area contributed by atoms with Crippen molar-refractivity contribution in [2.45, 2.75) is 44.2 Å². The number of aliphatic hydroxyl groups excluding tert-OH is 1. The average Bonchev–Trinajstić information content (AvgIpc) is 3.30. The van der Waals surface area contributed by atoms with Crippen molar-refractivity contribution in [1.29, 1.82) is 0 Å². The second-order valence-corrected chi connectivity index (χ2v) is 7.92. The van der Waals surface area contributed by atoms with Gasteiger partial charge >= 0.3 is 0 Å². The number of nitrogens with one attached hydrogen (secondary N) is 2. The van der Waals surface area contributed by atoms with Gasteiger partial charge in [-0.15, -0.1) is 0 Å². The molecule has 2 saturated carbocycles. The van der Waals surface area contributed by atoms with Gasteiger partial charge in [-0.1, -0.05) is 0 Å². The first-order chi connectivity index (χ1) is 12.5. The lowest BCUT2D eigenvalue weighted by Crippen LogP contribution is -2.45. The van der Waals surface area contributed by atoms with Gasteiger partial charge in [-0.2, -0.15) is 0 Å². The van der Waals surface area contributed by atoms with Gasteiger partial charge in [-0.3, -0.25) is 9.59 Å². The van der Waals surface area contributed by atoms with Crippen molar-refractivity contribution >= 4 is 17.6 Å². The summed E-state index contributed by atoms with van der Waals surface area (Å²) < 4.78 is 0. The third-order valence-corrected chi connectivity index (χ3v) is 6.30. The van der Waals surface area contributed by atoms with Crippen molar-refractivity contribution in [2.75, 3.05) is 25.5 Å². The molecule has 3 N–H and O–H groups in total. The highest BCUT2D eigenvalue weighted by molar-refractivity contribution is 5.94. The van der Waals surface area contributed by atoms with Crippen LogP contribution in [-0.4, -0.2) is 59.1 Å². The lowest BCUT2D eigenvalue weighted by Gasteiger charge is -2.34. The molecular formula is C19H26N4O3. The Morgan fingerprint density at radius 3 is 2.58 bits per heavy atom. The summed E-state index contributed by atoms with van der Waals surface area (Å²) in [4.78, 5) is 30.9. The number of likely N-dealkylation sites (tertiary alicyclic amines) is 1. The standard InChI is InChI=1S/C19H26N4O3/c1-20-16-3-2-12(11-21-16)18(26)23-6-4-19(5-7-23)10-15(19)22-17(25)13-8-14(24)9-13/h2-3,11,13-15,24H,4-10H2,1H3,(H,20,21)(H,22,25). The van der Waals surface area contributed by atoms with Gasteiger partial charge in [0.2, 0.25) is 5.91 Å². The Morgan fingerprint density at radius 2 is 2.00 bits per heavy atom. The molecule has 7 nitrogen and oxygen atoms in total. The first-order valence-electron chi connectivity index (χ1n) is 9.42. The van der Waals surface area contributed by atoms with E-state index >= 15 is 0 Å². The van der Waals surface area contributed by atoms with Crippen LogP contribution in [0.15, 0.2) is 18.3 Å². The summed E-state index contributed by atoms with van der Waals surface area (Å²) in [7, 11) is 1.80. The fourth-order valence-corrected chi connectivity index (χ4v) is 4.20. The Hall–Kier alpha value is -2.15. The molecule has 4 rings (SSSR count). The van der Waals surface area contributed by atoms with E-state index in [1.54, 1.807) is 19.3 Å². The Balaban J connectivity index is 1.27. The second-order valence-electron chi connectivity index (χ2n) is 7.92. The van der Waals surface area contributed by atoms with Crippen molar-refractivity contribution in [3.63, 3.8) is 0 Å². The largest absolute Gasteiger partial charge is 0.393 e. The molecule has 1 unspecified atom stereocenters. The number of aliphatic hydroxyl groups is 1. The van der Waals surface area contributed by atoms with E-state index in [0.717, 1.165) is 38.2 Å². The van der Waals surface area contributed by atoms with Crippen LogP contribution in [0.1, 0.15) is 42.5 Å². The zero-order valence-corrected chi connectivity index (χ0v) is 15.1. The first-order valence-corrected chi connectivity index (χ1v) is 9.42. The second kappa shape index (κ2) is 6.54. The van der Waals surface area contributed by atoms with E-state index in [-0.39, 0.29) is 35.3 Å². The molecular weight excluding hydrogens is 332 g/mol. The maximum absolute atomic E-state index is 12.6. The molecule has 0 radical (unpaired) electrons. The van der Waals surface area contributed by atoms with E-state index in [0.29, 0.717) is 18.4 Å². The number of carbonyl (C=O) groups is 2. The van der Waals surface area contributed by atoms with Crippen molar-refractivity contribution in [3.05, 3.63) is 23.9 Å². The molecule has 1 spiro atoms. The minimum absolute atomic E-state index is 0.0163. The maximum atomic E-state index is 12.6. The molecule has 2 amide bonds. The molecule has 7 heteroatoms. The van der Waals surface area contributed by atoms with Gasteiger partial charge in [0, 0.05) is 38.3 Å². The van der Waals surface area contributed by atoms with Crippen LogP contribution in [0.25, 0.3) is 0 Å². The van der Waals surface area contributed by atoms with Crippen molar-refractivity contribution in [3.8, 4) is 0 Å². The molecule has 3 fully saturated rings. The molecule has 1 aromatic heterocycles. The third kappa shape index (κ3) is 3.16. The maximum Gasteiger partial charge on any atom is 0.255 e. The molecule has 0 bridgehead atoms. The monoisotopic (exact) mass is 358 g/mol. The Bertz CT molecular complexity index is 691. The van der Waals surface area contributed by atoms with Crippen LogP contribution < -0.4 is 10.6 Å². The number of nitrogens with zero attached hydrogens (tertiary/aromatic N) is 2. The molecule has 2 heterocycles. The molecule has 1 saturated heterocycles. The highest BCUT2D eigenvalue weighted by atomic mass is 16.3. The zero-order chi connectivity index (χ0) is 18.3. The molecule has 1 aromatic rings. The number of hydrogen-bond acceptors (Lipinski definition) is 5. The number of piperidine rings is 1. The van der Waals surface area contributed by atoms with Gasteiger partial charge < -0.3 is 20.6 Å². The van der Waals surface area contributed by atoms with Crippen LogP contribution in [0.4, 0.5) is 5.82 Å². The van der Waals surface area contributed by atoms with Crippen molar-refractivity contribution < 1.29 is 14.7 Å². The normalized spacial score (nSPS) is 29.0. The van der Waals surface area contributed by atoms with Crippen LogP contribution in [0.5, 0.6) is 0 Å². The summed E-state index contributed by atoms with van der Waals surface area (Å²) in [5, 5.41) is 15.4. The molecule has 140 valence electrons. The van der Waals surface area contributed by atoms with Gasteiger partial charge in [0.05, 0.1) is 11.7 Å². The fraction of sp³-hybridized carbons (Fsp3) is 0.632. The smallest absolute Gasteiger partial charge is 0.255 e. The highest BCUT2D eigenvalue weighted by Gasteiger charge is 2.56. The minimum Gasteiger partial charge on any atom is -0.393 e. The molecule has 1 aliphatic heterocycles. The van der Waals surface area contributed by atoms with E-state index in [1.807, 2.05) is 11.0 Å². The Labute approximate surface area is 153 Å². The van der Waals surface area contributed by atoms with E-state index < -0.39 is 0 Å². The van der Waals surface area contributed by atoms with Crippen LogP contribution in [0.3, 0.4) is 0 Å². The number of anilines is 1. The summed E-state index contributed by atoms with van der Waals surface area (Å²) >= 11 is 0. The van der Waals surface area contributed by atoms with E-state index in [1.165, 1.54) is 0 Å².